The highest BCUT2D eigenvalue weighted by Crippen LogP contribution is 2.14. The largest absolute Gasteiger partial charge is 0.207 e. The summed E-state index contributed by atoms with van der Waals surface area (Å²) < 4.78 is 13.1. The fraction of sp³-hybridized carbons (Fsp3) is 0.200. The van der Waals surface area contributed by atoms with Gasteiger partial charge in [-0.3, -0.25) is 0 Å². The molecule has 0 aliphatic carbocycles. The van der Waals surface area contributed by atoms with E-state index in [4.69, 9.17) is 23.2 Å². The van der Waals surface area contributed by atoms with E-state index in [0.717, 1.165) is 0 Å². The Hall–Kier alpha value is -0.530. The van der Waals surface area contributed by atoms with Gasteiger partial charge in [0.1, 0.15) is 5.82 Å². The summed E-state index contributed by atoms with van der Waals surface area (Å²) >= 11 is 11.2. The maximum Gasteiger partial charge on any atom is 0.126 e. The second-order valence-corrected chi connectivity index (χ2v) is 3.37. The number of hydrogen-bond acceptors (Lipinski definition) is 0. The first kappa shape index (κ1) is 10.6. The molecule has 0 atom stereocenters. The van der Waals surface area contributed by atoms with Crippen molar-refractivity contribution in [3.63, 3.8) is 0 Å². The summed E-state index contributed by atoms with van der Waals surface area (Å²) in [6, 6.07) is 6.56. The van der Waals surface area contributed by atoms with Gasteiger partial charge in [0, 0.05) is 17.3 Å². The molecule has 70 valence electrons. The molecule has 1 aromatic rings. The lowest BCUT2D eigenvalue weighted by atomic mass is 10.1. The third-order valence-corrected chi connectivity index (χ3v) is 2.06. The van der Waals surface area contributed by atoms with Crippen LogP contribution in [0.1, 0.15) is 5.56 Å². The lowest BCUT2D eigenvalue weighted by Crippen LogP contribution is -1.89. The van der Waals surface area contributed by atoms with E-state index in [2.05, 4.69) is 0 Å². The molecule has 0 unspecified atom stereocenters. The van der Waals surface area contributed by atoms with Crippen LogP contribution in [0.4, 0.5) is 4.39 Å². The minimum atomic E-state index is -0.233. The van der Waals surface area contributed by atoms with Crippen LogP contribution in [-0.4, -0.2) is 5.88 Å². The highest BCUT2D eigenvalue weighted by atomic mass is 35.5. The number of rotatable bonds is 3. The van der Waals surface area contributed by atoms with Gasteiger partial charge in [-0.2, -0.15) is 0 Å². The van der Waals surface area contributed by atoms with E-state index < -0.39 is 0 Å². The Morgan fingerprint density at radius 3 is 2.69 bits per heavy atom. The van der Waals surface area contributed by atoms with Crippen molar-refractivity contribution in [3.8, 4) is 0 Å². The van der Waals surface area contributed by atoms with E-state index in [-0.39, 0.29) is 5.82 Å². The van der Waals surface area contributed by atoms with Gasteiger partial charge in [0.2, 0.25) is 0 Å². The molecule has 0 fully saturated rings. The zero-order chi connectivity index (χ0) is 9.68. The van der Waals surface area contributed by atoms with Crippen LogP contribution in [-0.2, 0) is 6.42 Å². The van der Waals surface area contributed by atoms with Gasteiger partial charge in [-0.1, -0.05) is 35.9 Å². The number of benzene rings is 1. The molecule has 0 aliphatic heterocycles. The van der Waals surface area contributed by atoms with Crippen LogP contribution in [0, 0.1) is 5.82 Å². The first-order chi connectivity index (χ1) is 6.24. The van der Waals surface area contributed by atoms with Gasteiger partial charge in [-0.05, 0) is 11.6 Å². The molecule has 0 aliphatic rings. The van der Waals surface area contributed by atoms with Gasteiger partial charge < -0.3 is 0 Å². The zero-order valence-corrected chi connectivity index (χ0v) is 8.45. The molecule has 13 heavy (non-hydrogen) atoms. The van der Waals surface area contributed by atoms with Crippen molar-refractivity contribution in [2.24, 2.45) is 0 Å². The van der Waals surface area contributed by atoms with Crippen LogP contribution in [0.2, 0.25) is 0 Å². The Kier molecular flexibility index (Phi) is 4.26. The molecule has 0 spiro atoms. The second-order valence-electron chi connectivity index (χ2n) is 2.57. The van der Waals surface area contributed by atoms with Crippen molar-refractivity contribution >= 4 is 23.2 Å². The van der Waals surface area contributed by atoms with Crippen molar-refractivity contribution in [2.75, 3.05) is 5.88 Å². The summed E-state index contributed by atoms with van der Waals surface area (Å²) in [4.78, 5) is 0. The van der Waals surface area contributed by atoms with Crippen LogP contribution < -0.4 is 0 Å². The van der Waals surface area contributed by atoms with Gasteiger partial charge in [0.05, 0.1) is 0 Å². The summed E-state index contributed by atoms with van der Waals surface area (Å²) in [5.41, 5.74) is 0.592. The fourth-order valence-electron chi connectivity index (χ4n) is 0.980. The predicted octanol–water partition coefficient (Wildman–Crippen LogP) is 3.73. The van der Waals surface area contributed by atoms with Crippen LogP contribution >= 0.6 is 23.2 Å². The Morgan fingerprint density at radius 1 is 1.38 bits per heavy atom. The molecule has 0 amide bonds. The Bertz CT molecular complexity index is 308. The average Bonchev–Trinajstić information content (AvgIpc) is 2.09. The third kappa shape index (κ3) is 3.37. The Balaban J connectivity index is 2.74. The van der Waals surface area contributed by atoms with Crippen molar-refractivity contribution in [1.82, 2.24) is 0 Å². The highest BCUT2D eigenvalue weighted by molar-refractivity contribution is 6.30. The topological polar surface area (TPSA) is 0 Å². The van der Waals surface area contributed by atoms with E-state index in [1.165, 1.54) is 6.07 Å². The molecule has 0 aromatic heterocycles. The SMILES string of the molecule is Fc1ccccc1C/C(Cl)=C/CCl. The van der Waals surface area contributed by atoms with E-state index in [1.54, 1.807) is 24.3 Å². The van der Waals surface area contributed by atoms with Gasteiger partial charge >= 0.3 is 0 Å². The number of hydrogen-bond donors (Lipinski definition) is 0. The monoisotopic (exact) mass is 218 g/mol. The summed E-state index contributed by atoms with van der Waals surface area (Å²) in [6.45, 7) is 0. The zero-order valence-electron chi connectivity index (χ0n) is 6.93. The summed E-state index contributed by atoms with van der Waals surface area (Å²) in [5.74, 6) is 0.122. The lowest BCUT2D eigenvalue weighted by Gasteiger charge is -2.00. The number of alkyl halides is 1. The van der Waals surface area contributed by atoms with Gasteiger partial charge in [-0.25, -0.2) is 4.39 Å². The van der Waals surface area contributed by atoms with E-state index in [0.29, 0.717) is 22.9 Å². The average molecular weight is 219 g/mol. The first-order valence-corrected chi connectivity index (χ1v) is 4.79. The minimum Gasteiger partial charge on any atom is -0.207 e. The van der Waals surface area contributed by atoms with Crippen molar-refractivity contribution < 1.29 is 4.39 Å². The Morgan fingerprint density at radius 2 is 2.08 bits per heavy atom. The van der Waals surface area contributed by atoms with Crippen molar-refractivity contribution in [1.29, 1.82) is 0 Å². The lowest BCUT2D eigenvalue weighted by molar-refractivity contribution is 0.614. The van der Waals surface area contributed by atoms with E-state index >= 15 is 0 Å². The second kappa shape index (κ2) is 5.25. The molecule has 0 heterocycles. The summed E-state index contributed by atoms with van der Waals surface area (Å²) in [7, 11) is 0. The van der Waals surface area contributed by atoms with Gasteiger partial charge in [-0.15, -0.1) is 11.6 Å². The molecule has 0 radical (unpaired) electrons. The van der Waals surface area contributed by atoms with Crippen molar-refractivity contribution in [2.45, 2.75) is 6.42 Å². The minimum absolute atomic E-state index is 0.233. The molecule has 3 heteroatoms. The van der Waals surface area contributed by atoms with E-state index in [1.807, 2.05) is 0 Å². The van der Waals surface area contributed by atoms with Gasteiger partial charge in [0.25, 0.3) is 0 Å². The molecule has 0 saturated heterocycles. The van der Waals surface area contributed by atoms with Crippen molar-refractivity contribution in [3.05, 3.63) is 46.8 Å². The molecule has 0 nitrogen and oxygen atoms in total. The van der Waals surface area contributed by atoms with Crippen LogP contribution in [0.3, 0.4) is 0 Å². The molecule has 1 rings (SSSR count). The molecule has 0 bridgehead atoms. The van der Waals surface area contributed by atoms with Crippen LogP contribution in [0.25, 0.3) is 0 Å². The molecular weight excluding hydrogens is 210 g/mol. The Labute approximate surface area is 87.0 Å². The summed E-state index contributed by atoms with van der Waals surface area (Å²) in [5, 5.41) is 0.570. The fourth-order valence-corrected chi connectivity index (χ4v) is 1.47. The quantitative estimate of drug-likeness (QED) is 0.679. The molecular formula is C10H9Cl2F. The third-order valence-electron chi connectivity index (χ3n) is 1.62. The van der Waals surface area contributed by atoms with Gasteiger partial charge in [0.15, 0.2) is 0 Å². The summed E-state index contributed by atoms with van der Waals surface area (Å²) in [6.07, 6.45) is 2.07. The normalized spacial score (nSPS) is 11.8. The van der Waals surface area contributed by atoms with Crippen LogP contribution in [0.15, 0.2) is 35.4 Å². The maximum atomic E-state index is 13.1. The highest BCUT2D eigenvalue weighted by Gasteiger charge is 2.01. The molecule has 1 aromatic carbocycles. The number of halogens is 3. The number of allylic oxidation sites excluding steroid dienone is 2. The standard InChI is InChI=1S/C10H9Cl2F/c11-6-5-9(12)7-8-3-1-2-4-10(8)13/h1-5H,6-7H2/b9-5-. The predicted molar refractivity (Wildman–Crippen MR) is 54.8 cm³/mol. The molecule has 0 saturated carbocycles. The molecule has 0 N–H and O–H groups in total. The van der Waals surface area contributed by atoms with Crippen LogP contribution in [0.5, 0.6) is 0 Å². The first-order valence-electron chi connectivity index (χ1n) is 3.88. The van der Waals surface area contributed by atoms with E-state index in [9.17, 15) is 4.39 Å². The maximum absolute atomic E-state index is 13.1. The smallest absolute Gasteiger partial charge is 0.126 e.